The molecule has 0 saturated carbocycles. The van der Waals surface area contributed by atoms with E-state index in [1.54, 1.807) is 36.5 Å². The van der Waals surface area contributed by atoms with Crippen LogP contribution in [0.25, 0.3) is 33.8 Å². The van der Waals surface area contributed by atoms with Crippen molar-refractivity contribution in [3.63, 3.8) is 0 Å². The van der Waals surface area contributed by atoms with Crippen molar-refractivity contribution in [1.29, 1.82) is 0 Å². The molecule has 3 heterocycles. The van der Waals surface area contributed by atoms with Crippen molar-refractivity contribution >= 4 is 16.9 Å². The molecule has 0 fully saturated rings. The molecule has 0 radical (unpaired) electrons. The van der Waals surface area contributed by atoms with Gasteiger partial charge in [-0.25, -0.2) is 4.39 Å². The van der Waals surface area contributed by atoms with Gasteiger partial charge in [-0.2, -0.15) is 4.98 Å². The SMILES string of the molecule is Nc1n[nH]c(-c2ccc(-c3ccc(F)c4cccnc34)o2)n1. The Hall–Kier alpha value is -3.22. The van der Waals surface area contributed by atoms with Gasteiger partial charge >= 0.3 is 0 Å². The van der Waals surface area contributed by atoms with Crippen LogP contribution in [0.5, 0.6) is 0 Å². The number of aromatic amines is 1. The van der Waals surface area contributed by atoms with Gasteiger partial charge in [0.2, 0.25) is 5.95 Å². The molecule has 0 unspecified atom stereocenters. The molecule has 0 spiro atoms. The van der Waals surface area contributed by atoms with Crippen LogP contribution in [0.1, 0.15) is 0 Å². The normalized spacial score (nSPS) is 11.1. The zero-order valence-electron chi connectivity index (χ0n) is 11.2. The fourth-order valence-electron chi connectivity index (χ4n) is 2.33. The first-order chi connectivity index (χ1) is 10.7. The maximum Gasteiger partial charge on any atom is 0.239 e. The van der Waals surface area contributed by atoms with Crippen LogP contribution in [-0.2, 0) is 0 Å². The zero-order chi connectivity index (χ0) is 15.1. The second kappa shape index (κ2) is 4.66. The zero-order valence-corrected chi connectivity index (χ0v) is 11.2. The number of nitrogens with one attached hydrogen (secondary N) is 1. The van der Waals surface area contributed by atoms with Gasteiger partial charge in [-0.15, -0.1) is 5.10 Å². The molecule has 0 atom stereocenters. The van der Waals surface area contributed by atoms with Gasteiger partial charge in [0.1, 0.15) is 11.6 Å². The summed E-state index contributed by atoms with van der Waals surface area (Å²) in [6.07, 6.45) is 1.62. The summed E-state index contributed by atoms with van der Waals surface area (Å²) >= 11 is 0. The molecule has 1 aromatic carbocycles. The molecular formula is C15H10FN5O. The molecule has 0 aliphatic heterocycles. The Labute approximate surface area is 123 Å². The first-order valence-electron chi connectivity index (χ1n) is 6.54. The Morgan fingerprint density at radius 1 is 1.09 bits per heavy atom. The van der Waals surface area contributed by atoms with E-state index in [-0.39, 0.29) is 11.8 Å². The van der Waals surface area contributed by atoms with Crippen LogP contribution in [-0.4, -0.2) is 20.2 Å². The van der Waals surface area contributed by atoms with Crippen LogP contribution in [0.2, 0.25) is 0 Å². The Kier molecular flexibility index (Phi) is 2.65. The monoisotopic (exact) mass is 295 g/mol. The highest BCUT2D eigenvalue weighted by Gasteiger charge is 2.14. The van der Waals surface area contributed by atoms with Crippen molar-refractivity contribution in [3.8, 4) is 22.9 Å². The Morgan fingerprint density at radius 2 is 1.95 bits per heavy atom. The van der Waals surface area contributed by atoms with Crippen LogP contribution in [0, 0.1) is 5.82 Å². The standard InChI is InChI=1S/C15H10FN5O/c16-10-4-3-9(13-8(10)2-1-7-18-13)11-5-6-12(22-11)14-19-15(17)21-20-14/h1-7H,(H3,17,19,20,21). The topological polar surface area (TPSA) is 93.6 Å². The summed E-state index contributed by atoms with van der Waals surface area (Å²) in [5.41, 5.74) is 6.72. The summed E-state index contributed by atoms with van der Waals surface area (Å²) in [6, 6.07) is 9.93. The number of hydrogen-bond acceptors (Lipinski definition) is 5. The quantitative estimate of drug-likeness (QED) is 0.593. The third kappa shape index (κ3) is 1.91. The lowest BCUT2D eigenvalue weighted by Crippen LogP contribution is -1.86. The van der Waals surface area contributed by atoms with Crippen LogP contribution in [0.3, 0.4) is 0 Å². The molecule has 0 bridgehead atoms. The Balaban J connectivity index is 1.86. The molecule has 22 heavy (non-hydrogen) atoms. The molecule has 3 aromatic heterocycles. The number of rotatable bonds is 2. The molecule has 0 saturated heterocycles. The molecule has 4 aromatic rings. The van der Waals surface area contributed by atoms with Gasteiger partial charge in [0, 0.05) is 17.1 Å². The number of halogens is 1. The molecule has 4 rings (SSSR count). The van der Waals surface area contributed by atoms with Crippen molar-refractivity contribution in [3.05, 3.63) is 48.4 Å². The number of nitrogen functional groups attached to an aromatic ring is 1. The average Bonchev–Trinajstić information content (AvgIpc) is 3.17. The predicted molar refractivity (Wildman–Crippen MR) is 79.2 cm³/mol. The van der Waals surface area contributed by atoms with E-state index < -0.39 is 0 Å². The van der Waals surface area contributed by atoms with Crippen molar-refractivity contribution in [2.45, 2.75) is 0 Å². The van der Waals surface area contributed by atoms with Gasteiger partial charge in [0.05, 0.1) is 5.52 Å². The average molecular weight is 295 g/mol. The van der Waals surface area contributed by atoms with Crippen molar-refractivity contribution in [2.24, 2.45) is 0 Å². The third-order valence-electron chi connectivity index (χ3n) is 3.32. The molecule has 0 aliphatic carbocycles. The molecule has 0 amide bonds. The number of pyridine rings is 1. The van der Waals surface area contributed by atoms with E-state index in [0.29, 0.717) is 33.8 Å². The number of H-pyrrole nitrogens is 1. The lowest BCUT2D eigenvalue weighted by Gasteiger charge is -2.03. The number of fused-ring (bicyclic) bond motifs is 1. The summed E-state index contributed by atoms with van der Waals surface area (Å²) in [5, 5.41) is 6.88. The van der Waals surface area contributed by atoms with Gasteiger partial charge in [-0.05, 0) is 36.4 Å². The molecule has 7 heteroatoms. The number of nitrogens with two attached hydrogens (primary N) is 1. The van der Waals surface area contributed by atoms with Crippen molar-refractivity contribution < 1.29 is 8.81 Å². The second-order valence-electron chi connectivity index (χ2n) is 4.70. The summed E-state index contributed by atoms with van der Waals surface area (Å²) in [5.74, 6) is 1.31. The van der Waals surface area contributed by atoms with Crippen LogP contribution < -0.4 is 5.73 Å². The van der Waals surface area contributed by atoms with Gasteiger partial charge < -0.3 is 10.2 Å². The minimum absolute atomic E-state index is 0.141. The van der Waals surface area contributed by atoms with E-state index in [1.807, 2.05) is 0 Å². The lowest BCUT2D eigenvalue weighted by atomic mass is 10.1. The first-order valence-corrected chi connectivity index (χ1v) is 6.54. The number of nitrogens with zero attached hydrogens (tertiary/aromatic N) is 3. The molecule has 108 valence electrons. The van der Waals surface area contributed by atoms with E-state index in [9.17, 15) is 4.39 Å². The summed E-state index contributed by atoms with van der Waals surface area (Å²) < 4.78 is 19.6. The van der Waals surface area contributed by atoms with E-state index >= 15 is 0 Å². The molecule has 0 aliphatic rings. The Morgan fingerprint density at radius 3 is 2.77 bits per heavy atom. The molecule has 6 nitrogen and oxygen atoms in total. The van der Waals surface area contributed by atoms with E-state index in [0.717, 1.165) is 0 Å². The highest BCUT2D eigenvalue weighted by Crippen LogP contribution is 2.32. The van der Waals surface area contributed by atoms with Crippen molar-refractivity contribution in [1.82, 2.24) is 20.2 Å². The van der Waals surface area contributed by atoms with E-state index in [2.05, 4.69) is 20.2 Å². The maximum atomic E-state index is 13.8. The molecular weight excluding hydrogens is 285 g/mol. The van der Waals surface area contributed by atoms with E-state index in [1.165, 1.54) is 6.07 Å². The number of furan rings is 1. The largest absolute Gasteiger partial charge is 0.453 e. The van der Waals surface area contributed by atoms with Crippen LogP contribution in [0.15, 0.2) is 47.0 Å². The van der Waals surface area contributed by atoms with Crippen LogP contribution >= 0.6 is 0 Å². The fourth-order valence-corrected chi connectivity index (χ4v) is 2.33. The smallest absolute Gasteiger partial charge is 0.239 e. The van der Waals surface area contributed by atoms with Gasteiger partial charge in [-0.3, -0.25) is 10.1 Å². The summed E-state index contributed by atoms with van der Waals surface area (Å²) in [6.45, 7) is 0. The maximum absolute atomic E-state index is 13.8. The van der Waals surface area contributed by atoms with Gasteiger partial charge in [-0.1, -0.05) is 0 Å². The molecule has 3 N–H and O–H groups in total. The fraction of sp³-hybridized carbons (Fsp3) is 0. The number of anilines is 1. The highest BCUT2D eigenvalue weighted by atomic mass is 19.1. The highest BCUT2D eigenvalue weighted by molar-refractivity contribution is 5.92. The summed E-state index contributed by atoms with van der Waals surface area (Å²) in [4.78, 5) is 8.25. The van der Waals surface area contributed by atoms with Gasteiger partial charge in [0.25, 0.3) is 0 Å². The van der Waals surface area contributed by atoms with E-state index in [4.69, 9.17) is 10.2 Å². The predicted octanol–water partition coefficient (Wildman–Crippen LogP) is 3.00. The minimum Gasteiger partial charge on any atom is -0.453 e. The van der Waals surface area contributed by atoms with Gasteiger partial charge in [0.15, 0.2) is 11.6 Å². The van der Waals surface area contributed by atoms with Crippen LogP contribution in [0.4, 0.5) is 10.3 Å². The lowest BCUT2D eigenvalue weighted by molar-refractivity contribution is 0.592. The second-order valence-corrected chi connectivity index (χ2v) is 4.70. The van der Waals surface area contributed by atoms with Crippen molar-refractivity contribution in [2.75, 3.05) is 5.73 Å². The Bertz CT molecular complexity index is 975. The summed E-state index contributed by atoms with van der Waals surface area (Å²) in [7, 11) is 0. The number of benzene rings is 1. The number of aromatic nitrogens is 4. The number of hydrogen-bond donors (Lipinski definition) is 2. The first kappa shape index (κ1) is 12.5. The third-order valence-corrected chi connectivity index (χ3v) is 3.32. The minimum atomic E-state index is -0.318.